The van der Waals surface area contributed by atoms with Crippen LogP contribution in [0.5, 0.6) is 5.88 Å². The summed E-state index contributed by atoms with van der Waals surface area (Å²) in [4.78, 5) is 0. The van der Waals surface area contributed by atoms with Gasteiger partial charge in [0, 0.05) is 11.1 Å². The molecule has 26 heavy (non-hydrogen) atoms. The van der Waals surface area contributed by atoms with Crippen molar-refractivity contribution in [2.75, 3.05) is 0 Å². The predicted molar refractivity (Wildman–Crippen MR) is 101 cm³/mol. The lowest BCUT2D eigenvalue weighted by Crippen LogP contribution is -2.24. The second-order valence-corrected chi connectivity index (χ2v) is 7.56. The summed E-state index contributed by atoms with van der Waals surface area (Å²) in [6, 6.07) is 16.5. The summed E-state index contributed by atoms with van der Waals surface area (Å²) in [5.41, 5.74) is 9.18. The summed E-state index contributed by atoms with van der Waals surface area (Å²) in [5, 5.41) is 19.5. The highest BCUT2D eigenvalue weighted by Gasteiger charge is 2.38. The molecule has 4 rings (SSSR count). The first-order valence-corrected chi connectivity index (χ1v) is 8.56. The molecule has 0 saturated heterocycles. The molecule has 5 nitrogen and oxygen atoms in total. The van der Waals surface area contributed by atoms with Gasteiger partial charge in [-0.1, -0.05) is 63.2 Å². The largest absolute Gasteiger partial charge is 0.420 e. The van der Waals surface area contributed by atoms with Gasteiger partial charge in [0.15, 0.2) is 0 Å². The Kier molecular flexibility index (Phi) is 3.52. The van der Waals surface area contributed by atoms with Crippen molar-refractivity contribution < 1.29 is 4.74 Å². The predicted octanol–water partition coefficient (Wildman–Crippen LogP) is 4.08. The van der Waals surface area contributed by atoms with Crippen LogP contribution < -0.4 is 10.5 Å². The van der Waals surface area contributed by atoms with E-state index in [-0.39, 0.29) is 17.2 Å². The van der Waals surface area contributed by atoms with Crippen molar-refractivity contribution in [1.82, 2.24) is 10.2 Å². The Bertz CT molecular complexity index is 1070. The lowest BCUT2D eigenvalue weighted by Gasteiger charge is -2.28. The van der Waals surface area contributed by atoms with Gasteiger partial charge in [0.05, 0.1) is 11.5 Å². The fraction of sp³-hybridized carbons (Fsp3) is 0.238. The molecule has 1 aromatic heterocycles. The van der Waals surface area contributed by atoms with Gasteiger partial charge in [-0.2, -0.15) is 5.26 Å². The molecule has 0 fully saturated rings. The van der Waals surface area contributed by atoms with Crippen molar-refractivity contribution in [1.29, 1.82) is 5.26 Å². The van der Waals surface area contributed by atoms with Crippen molar-refractivity contribution in [3.8, 4) is 11.9 Å². The van der Waals surface area contributed by atoms with Crippen LogP contribution in [0.3, 0.4) is 0 Å². The second-order valence-electron chi connectivity index (χ2n) is 7.56. The summed E-state index contributed by atoms with van der Waals surface area (Å²) in [7, 11) is 0. The van der Waals surface area contributed by atoms with Crippen LogP contribution in [0.4, 0.5) is 0 Å². The Morgan fingerprint density at radius 1 is 1.15 bits per heavy atom. The molecule has 2 heterocycles. The number of aromatic nitrogens is 2. The number of hydrogen-bond acceptors (Lipinski definition) is 4. The van der Waals surface area contributed by atoms with Gasteiger partial charge in [-0.3, -0.25) is 5.10 Å². The molecular weight excluding hydrogens is 324 g/mol. The molecule has 0 radical (unpaired) electrons. The maximum atomic E-state index is 9.82. The van der Waals surface area contributed by atoms with Gasteiger partial charge < -0.3 is 10.5 Å². The third-order valence-corrected chi connectivity index (χ3v) is 4.82. The summed E-state index contributed by atoms with van der Waals surface area (Å²) >= 11 is 0. The molecule has 0 saturated carbocycles. The first kappa shape index (κ1) is 16.2. The zero-order chi connectivity index (χ0) is 18.5. The molecule has 3 N–H and O–H groups in total. The molecule has 0 amide bonds. The van der Waals surface area contributed by atoms with Gasteiger partial charge in [-0.25, -0.2) is 0 Å². The number of H-pyrrole nitrogens is 1. The Morgan fingerprint density at radius 2 is 1.88 bits per heavy atom. The molecule has 0 spiro atoms. The molecule has 1 aliphatic heterocycles. The minimum atomic E-state index is -0.317. The van der Waals surface area contributed by atoms with Crippen LogP contribution in [0.1, 0.15) is 43.5 Å². The van der Waals surface area contributed by atoms with Crippen molar-refractivity contribution in [3.05, 3.63) is 70.7 Å². The number of nitrogens with one attached hydrogen (secondary N) is 1. The molecule has 0 bridgehead atoms. The standard InChI is InChI=1S/C21H20N4O/c1-21(2,3)18-17-16(15(11-22)19(23)26-20(17)25-24-18)14-10-6-8-12-7-4-5-9-13(12)14/h4-10,16H,23H2,1-3H3,(H,24,25)/t16-/m1/s1. The normalized spacial score (nSPS) is 16.9. The molecule has 2 aromatic carbocycles. The van der Waals surface area contributed by atoms with E-state index in [2.05, 4.69) is 55.2 Å². The quantitative estimate of drug-likeness (QED) is 0.696. The van der Waals surface area contributed by atoms with E-state index in [1.54, 1.807) is 0 Å². The lowest BCUT2D eigenvalue weighted by molar-refractivity contribution is 0.378. The zero-order valence-electron chi connectivity index (χ0n) is 15.0. The number of fused-ring (bicyclic) bond motifs is 2. The first-order valence-electron chi connectivity index (χ1n) is 8.56. The van der Waals surface area contributed by atoms with Crippen molar-refractivity contribution >= 4 is 10.8 Å². The number of nitrogens with zero attached hydrogens (tertiary/aromatic N) is 2. The number of aromatic amines is 1. The number of allylic oxidation sites excluding steroid dienone is 1. The third-order valence-electron chi connectivity index (χ3n) is 4.82. The van der Waals surface area contributed by atoms with Crippen LogP contribution in [-0.2, 0) is 5.41 Å². The summed E-state index contributed by atoms with van der Waals surface area (Å²) in [6.07, 6.45) is 0. The van der Waals surface area contributed by atoms with Crippen molar-refractivity contribution in [2.45, 2.75) is 32.1 Å². The van der Waals surface area contributed by atoms with Crippen molar-refractivity contribution in [3.63, 3.8) is 0 Å². The van der Waals surface area contributed by atoms with Gasteiger partial charge in [0.25, 0.3) is 0 Å². The Balaban J connectivity index is 2.06. The molecule has 3 aromatic rings. The zero-order valence-corrected chi connectivity index (χ0v) is 15.0. The maximum Gasteiger partial charge on any atom is 0.244 e. The highest BCUT2D eigenvalue weighted by molar-refractivity contribution is 5.87. The van der Waals surface area contributed by atoms with E-state index >= 15 is 0 Å². The van der Waals surface area contributed by atoms with E-state index in [4.69, 9.17) is 10.5 Å². The van der Waals surface area contributed by atoms with E-state index in [1.165, 1.54) is 0 Å². The van der Waals surface area contributed by atoms with E-state index in [0.29, 0.717) is 11.5 Å². The van der Waals surface area contributed by atoms with Gasteiger partial charge in [0.1, 0.15) is 11.6 Å². The van der Waals surface area contributed by atoms with Crippen LogP contribution >= 0.6 is 0 Å². The molecule has 130 valence electrons. The number of nitriles is 1. The van der Waals surface area contributed by atoms with Crippen LogP contribution in [0.2, 0.25) is 0 Å². The van der Waals surface area contributed by atoms with Crippen molar-refractivity contribution in [2.24, 2.45) is 5.73 Å². The Labute approximate surface area is 152 Å². The summed E-state index contributed by atoms with van der Waals surface area (Å²) in [5.74, 6) is 0.247. The number of hydrogen-bond donors (Lipinski definition) is 2. The average molecular weight is 344 g/mol. The highest BCUT2D eigenvalue weighted by Crippen LogP contribution is 2.46. The number of nitrogens with two attached hydrogens (primary N) is 1. The van der Waals surface area contributed by atoms with Gasteiger partial charge >= 0.3 is 0 Å². The van der Waals surface area contributed by atoms with Gasteiger partial charge in [-0.15, -0.1) is 5.10 Å². The summed E-state index contributed by atoms with van der Waals surface area (Å²) < 4.78 is 5.67. The third kappa shape index (κ3) is 2.34. The molecule has 5 heteroatoms. The first-order chi connectivity index (χ1) is 12.4. The maximum absolute atomic E-state index is 9.82. The number of ether oxygens (including phenoxy) is 1. The van der Waals surface area contributed by atoms with Crippen LogP contribution in [0.25, 0.3) is 10.8 Å². The van der Waals surface area contributed by atoms with Crippen LogP contribution in [0, 0.1) is 11.3 Å². The highest BCUT2D eigenvalue weighted by atomic mass is 16.5. The van der Waals surface area contributed by atoms with E-state index < -0.39 is 0 Å². The molecule has 1 aliphatic rings. The van der Waals surface area contributed by atoms with E-state index in [1.807, 2.05) is 24.3 Å². The fourth-order valence-electron chi connectivity index (χ4n) is 3.63. The van der Waals surface area contributed by atoms with Crippen LogP contribution in [-0.4, -0.2) is 10.2 Å². The van der Waals surface area contributed by atoms with Crippen LogP contribution in [0.15, 0.2) is 53.9 Å². The minimum Gasteiger partial charge on any atom is -0.420 e. The minimum absolute atomic E-state index is 0.116. The van der Waals surface area contributed by atoms with E-state index in [9.17, 15) is 5.26 Å². The average Bonchev–Trinajstić information content (AvgIpc) is 3.03. The SMILES string of the molecule is CC(C)(C)c1[nH]nc2c1[C@H](c1cccc3ccccc13)C(C#N)=C(N)O2. The Morgan fingerprint density at radius 3 is 2.62 bits per heavy atom. The molecule has 0 unspecified atom stereocenters. The Hall–Kier alpha value is -3.26. The molecule has 0 aliphatic carbocycles. The van der Waals surface area contributed by atoms with E-state index in [0.717, 1.165) is 27.6 Å². The monoisotopic (exact) mass is 344 g/mol. The molecular formula is C21H20N4O. The smallest absolute Gasteiger partial charge is 0.244 e. The lowest BCUT2D eigenvalue weighted by atomic mass is 9.77. The number of rotatable bonds is 1. The molecule has 1 atom stereocenters. The second kappa shape index (κ2) is 5.63. The van der Waals surface area contributed by atoms with Gasteiger partial charge in [-0.05, 0) is 16.3 Å². The van der Waals surface area contributed by atoms with Gasteiger partial charge in [0.2, 0.25) is 11.8 Å². The topological polar surface area (TPSA) is 87.7 Å². The fourth-order valence-corrected chi connectivity index (χ4v) is 3.63. The summed E-state index contributed by atoms with van der Waals surface area (Å²) in [6.45, 7) is 6.32. The number of benzene rings is 2.